The predicted molar refractivity (Wildman–Crippen MR) is 96.0 cm³/mol. The first-order chi connectivity index (χ1) is 12.3. The van der Waals surface area contributed by atoms with Gasteiger partial charge in [0.1, 0.15) is 0 Å². The Balaban J connectivity index is 1.42. The number of anilines is 1. The van der Waals surface area contributed by atoms with Crippen molar-refractivity contribution in [1.82, 2.24) is 20.1 Å². The molecule has 0 aliphatic carbocycles. The summed E-state index contributed by atoms with van der Waals surface area (Å²) in [4.78, 5) is 16.7. The first kappa shape index (κ1) is 15.5. The second-order valence-electron chi connectivity index (χ2n) is 6.12. The number of hydrogen-bond donors (Lipinski definition) is 2. The van der Waals surface area contributed by atoms with Crippen molar-refractivity contribution in [1.29, 1.82) is 0 Å². The van der Waals surface area contributed by atoms with E-state index in [2.05, 4.69) is 32.8 Å². The van der Waals surface area contributed by atoms with Gasteiger partial charge in [0.15, 0.2) is 5.82 Å². The number of amides is 1. The number of pyridine rings is 1. The molecule has 1 aromatic carbocycles. The van der Waals surface area contributed by atoms with Gasteiger partial charge in [-0.2, -0.15) is 5.10 Å². The van der Waals surface area contributed by atoms with E-state index in [9.17, 15) is 4.79 Å². The maximum Gasteiger partial charge on any atom is 0.257 e. The smallest absolute Gasteiger partial charge is 0.257 e. The molecule has 0 unspecified atom stereocenters. The van der Waals surface area contributed by atoms with Gasteiger partial charge in [0.25, 0.3) is 5.91 Å². The summed E-state index contributed by atoms with van der Waals surface area (Å²) in [6.45, 7) is 2.10. The van der Waals surface area contributed by atoms with Crippen molar-refractivity contribution in [2.24, 2.45) is 0 Å². The van der Waals surface area contributed by atoms with E-state index < -0.39 is 0 Å². The standard InChI is InChI=1S/C19H19N5O/c25-19(16-4-7-18(21-13-16)24-11-1-9-22-24)23-17-5-2-14(3-6-17)15-8-10-20-12-15/h1-7,9,11,13,15,20H,8,10,12H2,(H,23,25)/t15-/m0/s1. The molecule has 0 bridgehead atoms. The Morgan fingerprint density at radius 2 is 2.08 bits per heavy atom. The van der Waals surface area contributed by atoms with E-state index in [1.54, 1.807) is 29.2 Å². The second-order valence-corrected chi connectivity index (χ2v) is 6.12. The van der Waals surface area contributed by atoms with Gasteiger partial charge >= 0.3 is 0 Å². The molecular weight excluding hydrogens is 314 g/mol. The molecule has 1 saturated heterocycles. The summed E-state index contributed by atoms with van der Waals surface area (Å²) in [6.07, 6.45) is 6.22. The monoisotopic (exact) mass is 333 g/mol. The summed E-state index contributed by atoms with van der Waals surface area (Å²) in [5.74, 6) is 1.08. The molecule has 2 N–H and O–H groups in total. The van der Waals surface area contributed by atoms with Gasteiger partial charge in [-0.3, -0.25) is 4.79 Å². The largest absolute Gasteiger partial charge is 0.322 e. The van der Waals surface area contributed by atoms with Crippen LogP contribution in [0, 0.1) is 0 Å². The van der Waals surface area contributed by atoms with Gasteiger partial charge in [-0.05, 0) is 54.8 Å². The molecule has 25 heavy (non-hydrogen) atoms. The average molecular weight is 333 g/mol. The zero-order chi connectivity index (χ0) is 17.1. The van der Waals surface area contributed by atoms with Crippen LogP contribution in [0.1, 0.15) is 28.3 Å². The summed E-state index contributed by atoms with van der Waals surface area (Å²) < 4.78 is 1.65. The van der Waals surface area contributed by atoms with E-state index in [1.807, 2.05) is 24.4 Å². The zero-order valence-electron chi connectivity index (χ0n) is 13.7. The van der Waals surface area contributed by atoms with E-state index in [0.717, 1.165) is 18.8 Å². The second kappa shape index (κ2) is 6.86. The molecule has 3 heterocycles. The first-order valence-electron chi connectivity index (χ1n) is 8.38. The number of rotatable bonds is 4. The van der Waals surface area contributed by atoms with E-state index in [0.29, 0.717) is 17.3 Å². The van der Waals surface area contributed by atoms with Crippen LogP contribution in [0.4, 0.5) is 5.69 Å². The van der Waals surface area contributed by atoms with Gasteiger partial charge in [-0.25, -0.2) is 9.67 Å². The summed E-state index contributed by atoms with van der Waals surface area (Å²) in [6, 6.07) is 13.4. The Bertz CT molecular complexity index is 835. The first-order valence-corrected chi connectivity index (χ1v) is 8.38. The van der Waals surface area contributed by atoms with Crippen molar-refractivity contribution in [3.63, 3.8) is 0 Å². The topological polar surface area (TPSA) is 71.8 Å². The van der Waals surface area contributed by atoms with Crippen LogP contribution in [-0.4, -0.2) is 33.8 Å². The van der Waals surface area contributed by atoms with Crippen molar-refractivity contribution in [3.8, 4) is 5.82 Å². The molecule has 1 fully saturated rings. The summed E-state index contributed by atoms with van der Waals surface area (Å²) in [7, 11) is 0. The van der Waals surface area contributed by atoms with E-state index in [1.165, 1.54) is 12.0 Å². The van der Waals surface area contributed by atoms with Gasteiger partial charge in [0, 0.05) is 30.8 Å². The Morgan fingerprint density at radius 1 is 1.20 bits per heavy atom. The molecule has 1 atom stereocenters. The molecule has 6 heteroatoms. The minimum Gasteiger partial charge on any atom is -0.322 e. The van der Waals surface area contributed by atoms with Crippen LogP contribution in [0.2, 0.25) is 0 Å². The molecule has 3 aromatic rings. The van der Waals surface area contributed by atoms with Crippen LogP contribution in [0.25, 0.3) is 5.82 Å². The van der Waals surface area contributed by atoms with Gasteiger partial charge in [-0.1, -0.05) is 12.1 Å². The van der Waals surface area contributed by atoms with E-state index in [4.69, 9.17) is 0 Å². The number of carbonyl (C=O) groups is 1. The number of carbonyl (C=O) groups excluding carboxylic acids is 1. The Kier molecular flexibility index (Phi) is 4.26. The summed E-state index contributed by atoms with van der Waals surface area (Å²) in [5.41, 5.74) is 2.61. The van der Waals surface area contributed by atoms with Crippen LogP contribution in [0.15, 0.2) is 61.1 Å². The molecule has 1 aliphatic rings. The lowest BCUT2D eigenvalue weighted by atomic mass is 9.98. The zero-order valence-corrected chi connectivity index (χ0v) is 13.7. The number of aromatic nitrogens is 3. The van der Waals surface area contributed by atoms with Gasteiger partial charge in [0.2, 0.25) is 0 Å². The lowest BCUT2D eigenvalue weighted by Gasteiger charge is -2.10. The highest BCUT2D eigenvalue weighted by Gasteiger charge is 2.16. The molecule has 6 nitrogen and oxygen atoms in total. The third-order valence-electron chi connectivity index (χ3n) is 4.45. The normalized spacial score (nSPS) is 16.7. The van der Waals surface area contributed by atoms with Crippen LogP contribution in [-0.2, 0) is 0 Å². The van der Waals surface area contributed by atoms with Crippen molar-refractivity contribution >= 4 is 11.6 Å². The van der Waals surface area contributed by atoms with E-state index in [-0.39, 0.29) is 5.91 Å². The number of hydrogen-bond acceptors (Lipinski definition) is 4. The fourth-order valence-electron chi connectivity index (χ4n) is 3.04. The number of nitrogens with one attached hydrogen (secondary N) is 2. The number of benzene rings is 1. The quantitative estimate of drug-likeness (QED) is 0.770. The Morgan fingerprint density at radius 3 is 2.72 bits per heavy atom. The molecule has 2 aromatic heterocycles. The Hall–Kier alpha value is -2.99. The molecule has 1 amide bonds. The minimum atomic E-state index is -0.171. The fraction of sp³-hybridized carbons (Fsp3) is 0.211. The van der Waals surface area contributed by atoms with Gasteiger partial charge < -0.3 is 10.6 Å². The highest BCUT2D eigenvalue weighted by atomic mass is 16.1. The van der Waals surface area contributed by atoms with Crippen molar-refractivity contribution in [2.45, 2.75) is 12.3 Å². The fourth-order valence-corrected chi connectivity index (χ4v) is 3.04. The minimum absolute atomic E-state index is 0.171. The lowest BCUT2D eigenvalue weighted by Crippen LogP contribution is -2.13. The molecule has 0 radical (unpaired) electrons. The molecule has 126 valence electrons. The highest BCUT2D eigenvalue weighted by molar-refractivity contribution is 6.04. The van der Waals surface area contributed by atoms with Crippen molar-refractivity contribution in [2.75, 3.05) is 18.4 Å². The predicted octanol–water partition coefficient (Wildman–Crippen LogP) is 2.60. The lowest BCUT2D eigenvalue weighted by molar-refractivity contribution is 0.102. The maximum atomic E-state index is 12.4. The van der Waals surface area contributed by atoms with Gasteiger partial charge in [0.05, 0.1) is 5.56 Å². The Labute approximate surface area is 145 Å². The maximum absolute atomic E-state index is 12.4. The van der Waals surface area contributed by atoms with Crippen LogP contribution >= 0.6 is 0 Å². The molecule has 0 saturated carbocycles. The van der Waals surface area contributed by atoms with Crippen molar-refractivity contribution < 1.29 is 4.79 Å². The third-order valence-corrected chi connectivity index (χ3v) is 4.45. The van der Waals surface area contributed by atoms with Crippen LogP contribution in [0.3, 0.4) is 0 Å². The van der Waals surface area contributed by atoms with Crippen molar-refractivity contribution in [3.05, 3.63) is 72.2 Å². The van der Waals surface area contributed by atoms with Crippen LogP contribution < -0.4 is 10.6 Å². The molecule has 4 rings (SSSR count). The number of nitrogens with zero attached hydrogens (tertiary/aromatic N) is 3. The van der Waals surface area contributed by atoms with Gasteiger partial charge in [-0.15, -0.1) is 0 Å². The average Bonchev–Trinajstić information content (AvgIpc) is 3.36. The summed E-state index contributed by atoms with van der Waals surface area (Å²) >= 11 is 0. The molecular formula is C19H19N5O. The highest BCUT2D eigenvalue weighted by Crippen LogP contribution is 2.23. The summed E-state index contributed by atoms with van der Waals surface area (Å²) in [5, 5.41) is 10.4. The van der Waals surface area contributed by atoms with E-state index >= 15 is 0 Å². The molecule has 0 spiro atoms. The van der Waals surface area contributed by atoms with Crippen LogP contribution in [0.5, 0.6) is 0 Å². The molecule has 1 aliphatic heterocycles. The third kappa shape index (κ3) is 3.44. The SMILES string of the molecule is O=C(Nc1ccc([C@H]2CCNC2)cc1)c1ccc(-n2cccn2)nc1.